The Morgan fingerprint density at radius 3 is 2.80 bits per heavy atom. The Hall–Kier alpha value is -0.830. The molecule has 0 aromatic carbocycles. The maximum atomic E-state index is 11.8. The molecule has 0 unspecified atom stereocenters. The molecule has 0 aliphatic carbocycles. The summed E-state index contributed by atoms with van der Waals surface area (Å²) in [6, 6.07) is 0. The molecule has 0 saturated carbocycles. The van der Waals surface area contributed by atoms with Crippen LogP contribution in [0.5, 0.6) is 0 Å². The smallest absolute Gasteiger partial charge is 0.334 e. The van der Waals surface area contributed by atoms with Crippen molar-refractivity contribution in [3.05, 3.63) is 11.6 Å². The monoisotopic (exact) mass is 211 g/mol. The number of hydrogen-bond acceptors (Lipinski definition) is 3. The number of ether oxygens (including phenoxy) is 1. The van der Waals surface area contributed by atoms with Crippen molar-refractivity contribution in [2.24, 2.45) is 0 Å². The standard InChI is InChI=1S/C12H21NO2/c1-12(2,3)15-11(14)10-6-4-8-13-9-5-7-10/h6,13H,4-5,7-9H2,1-3H3/b10-6+. The molecule has 3 heteroatoms. The first-order valence-corrected chi connectivity index (χ1v) is 5.62. The predicted molar refractivity (Wildman–Crippen MR) is 60.6 cm³/mol. The Bertz CT molecular complexity index is 251. The highest BCUT2D eigenvalue weighted by Crippen LogP contribution is 2.15. The van der Waals surface area contributed by atoms with Crippen molar-refractivity contribution in [3.63, 3.8) is 0 Å². The van der Waals surface area contributed by atoms with Gasteiger partial charge in [0.05, 0.1) is 0 Å². The zero-order chi connectivity index (χ0) is 11.3. The summed E-state index contributed by atoms with van der Waals surface area (Å²) in [4.78, 5) is 11.8. The van der Waals surface area contributed by atoms with Crippen LogP contribution in [0.15, 0.2) is 11.6 Å². The van der Waals surface area contributed by atoms with E-state index in [2.05, 4.69) is 5.32 Å². The average molecular weight is 211 g/mol. The summed E-state index contributed by atoms with van der Waals surface area (Å²) < 4.78 is 5.35. The molecule has 0 saturated heterocycles. The van der Waals surface area contributed by atoms with Crippen LogP contribution in [0, 0.1) is 0 Å². The number of rotatable bonds is 1. The molecule has 0 amide bonds. The molecule has 0 bridgehead atoms. The summed E-state index contributed by atoms with van der Waals surface area (Å²) >= 11 is 0. The number of hydrogen-bond donors (Lipinski definition) is 1. The molecule has 1 N–H and O–H groups in total. The van der Waals surface area contributed by atoms with Gasteiger partial charge in [0.15, 0.2) is 0 Å². The van der Waals surface area contributed by atoms with E-state index >= 15 is 0 Å². The van der Waals surface area contributed by atoms with Gasteiger partial charge in [-0.25, -0.2) is 4.79 Å². The van der Waals surface area contributed by atoms with Crippen molar-refractivity contribution >= 4 is 5.97 Å². The van der Waals surface area contributed by atoms with E-state index in [9.17, 15) is 4.79 Å². The SMILES string of the molecule is CC(C)(C)OC(=O)/C1=C/CCNCCC1. The Balaban J connectivity index is 2.56. The van der Waals surface area contributed by atoms with Gasteiger partial charge in [-0.3, -0.25) is 0 Å². The van der Waals surface area contributed by atoms with E-state index in [0.29, 0.717) is 0 Å². The van der Waals surface area contributed by atoms with E-state index in [1.165, 1.54) is 0 Å². The van der Waals surface area contributed by atoms with E-state index in [-0.39, 0.29) is 5.97 Å². The molecule has 0 aromatic rings. The molecule has 0 radical (unpaired) electrons. The second-order valence-corrected chi connectivity index (χ2v) is 4.87. The summed E-state index contributed by atoms with van der Waals surface area (Å²) in [5.74, 6) is -0.149. The molecule has 0 spiro atoms. The van der Waals surface area contributed by atoms with E-state index in [4.69, 9.17) is 4.74 Å². The fraction of sp³-hybridized carbons (Fsp3) is 0.750. The normalized spacial score (nSPS) is 22.2. The minimum atomic E-state index is -0.390. The summed E-state index contributed by atoms with van der Waals surface area (Å²) in [5, 5.41) is 3.30. The fourth-order valence-corrected chi connectivity index (χ4v) is 1.51. The first kappa shape index (κ1) is 12.2. The lowest BCUT2D eigenvalue weighted by atomic mass is 10.1. The average Bonchev–Trinajstić information content (AvgIpc) is 1.98. The van der Waals surface area contributed by atoms with Crippen molar-refractivity contribution in [2.75, 3.05) is 13.1 Å². The van der Waals surface area contributed by atoms with Crippen LogP contribution >= 0.6 is 0 Å². The second kappa shape index (κ2) is 5.31. The maximum Gasteiger partial charge on any atom is 0.334 e. The third kappa shape index (κ3) is 4.98. The van der Waals surface area contributed by atoms with Gasteiger partial charge in [0.25, 0.3) is 0 Å². The predicted octanol–water partition coefficient (Wildman–Crippen LogP) is 2.03. The molecule has 0 fully saturated rings. The number of carbonyl (C=O) groups is 1. The van der Waals surface area contributed by atoms with E-state index in [0.717, 1.165) is 37.9 Å². The van der Waals surface area contributed by atoms with Gasteiger partial charge in [0.1, 0.15) is 5.60 Å². The van der Waals surface area contributed by atoms with Gasteiger partial charge >= 0.3 is 5.97 Å². The minimum absolute atomic E-state index is 0.149. The van der Waals surface area contributed by atoms with Crippen molar-refractivity contribution in [1.29, 1.82) is 0 Å². The lowest BCUT2D eigenvalue weighted by Crippen LogP contribution is -2.26. The maximum absolute atomic E-state index is 11.8. The molecule has 1 aliphatic heterocycles. The first-order valence-electron chi connectivity index (χ1n) is 5.62. The van der Waals surface area contributed by atoms with Crippen LogP contribution < -0.4 is 5.32 Å². The number of carbonyl (C=O) groups excluding carboxylic acids is 1. The summed E-state index contributed by atoms with van der Waals surface area (Å²) in [5.41, 5.74) is 0.449. The highest BCUT2D eigenvalue weighted by molar-refractivity contribution is 5.88. The van der Waals surface area contributed by atoms with Crippen molar-refractivity contribution in [2.45, 2.75) is 45.6 Å². The Morgan fingerprint density at radius 1 is 1.40 bits per heavy atom. The van der Waals surface area contributed by atoms with Gasteiger partial charge in [-0.1, -0.05) is 6.08 Å². The van der Waals surface area contributed by atoms with Crippen LogP contribution in [0.2, 0.25) is 0 Å². The Morgan fingerprint density at radius 2 is 2.13 bits per heavy atom. The van der Waals surface area contributed by atoms with Crippen LogP contribution in [0.25, 0.3) is 0 Å². The number of esters is 1. The quantitative estimate of drug-likeness (QED) is 0.674. The summed E-state index contributed by atoms with van der Waals surface area (Å²) in [7, 11) is 0. The van der Waals surface area contributed by atoms with Gasteiger partial charge in [0.2, 0.25) is 0 Å². The highest BCUT2D eigenvalue weighted by atomic mass is 16.6. The molecule has 1 rings (SSSR count). The third-order valence-corrected chi connectivity index (χ3v) is 2.17. The van der Waals surface area contributed by atoms with Crippen LogP contribution in [0.3, 0.4) is 0 Å². The van der Waals surface area contributed by atoms with Gasteiger partial charge in [0, 0.05) is 5.57 Å². The molecule has 86 valence electrons. The van der Waals surface area contributed by atoms with Crippen molar-refractivity contribution in [3.8, 4) is 0 Å². The van der Waals surface area contributed by atoms with Crippen molar-refractivity contribution < 1.29 is 9.53 Å². The van der Waals surface area contributed by atoms with Gasteiger partial charge in [-0.05, 0) is 53.1 Å². The largest absolute Gasteiger partial charge is 0.457 e. The molecular formula is C12H21NO2. The Labute approximate surface area is 91.9 Å². The second-order valence-electron chi connectivity index (χ2n) is 4.87. The lowest BCUT2D eigenvalue weighted by molar-refractivity contribution is -0.150. The molecular weight excluding hydrogens is 190 g/mol. The fourth-order valence-electron chi connectivity index (χ4n) is 1.51. The van der Waals surface area contributed by atoms with Gasteiger partial charge < -0.3 is 10.1 Å². The van der Waals surface area contributed by atoms with E-state index in [1.54, 1.807) is 0 Å². The molecule has 15 heavy (non-hydrogen) atoms. The van der Waals surface area contributed by atoms with Crippen molar-refractivity contribution in [1.82, 2.24) is 5.32 Å². The van der Waals surface area contributed by atoms with Crippen LogP contribution in [0.1, 0.15) is 40.0 Å². The van der Waals surface area contributed by atoms with Gasteiger partial charge in [-0.2, -0.15) is 0 Å². The zero-order valence-electron chi connectivity index (χ0n) is 9.93. The molecule has 1 aliphatic rings. The molecule has 3 nitrogen and oxygen atoms in total. The van der Waals surface area contributed by atoms with Crippen LogP contribution in [0.4, 0.5) is 0 Å². The van der Waals surface area contributed by atoms with Gasteiger partial charge in [-0.15, -0.1) is 0 Å². The number of nitrogens with one attached hydrogen (secondary N) is 1. The lowest BCUT2D eigenvalue weighted by Gasteiger charge is -2.21. The van der Waals surface area contributed by atoms with E-state index < -0.39 is 5.60 Å². The molecule has 1 heterocycles. The minimum Gasteiger partial charge on any atom is -0.457 e. The van der Waals surface area contributed by atoms with Crippen LogP contribution in [-0.4, -0.2) is 24.7 Å². The van der Waals surface area contributed by atoms with Crippen LogP contribution in [-0.2, 0) is 9.53 Å². The molecule has 0 atom stereocenters. The summed E-state index contributed by atoms with van der Waals surface area (Å²) in [6.45, 7) is 7.63. The topological polar surface area (TPSA) is 38.3 Å². The zero-order valence-corrected chi connectivity index (χ0v) is 9.93. The molecule has 0 aromatic heterocycles. The third-order valence-electron chi connectivity index (χ3n) is 2.17. The Kier molecular flexibility index (Phi) is 4.33. The van der Waals surface area contributed by atoms with E-state index in [1.807, 2.05) is 26.8 Å². The summed E-state index contributed by atoms with van der Waals surface area (Å²) in [6.07, 6.45) is 4.74. The highest BCUT2D eigenvalue weighted by Gasteiger charge is 2.19. The first-order chi connectivity index (χ1) is 6.99.